The maximum atomic E-state index is 11.4. The van der Waals surface area contributed by atoms with Crippen molar-refractivity contribution in [1.29, 1.82) is 0 Å². The SMILES string of the molecule is CC(C)C(C(=O)O)c1cc(=O)n(C)n1C. The van der Waals surface area contributed by atoms with Crippen molar-refractivity contribution in [2.75, 3.05) is 0 Å². The van der Waals surface area contributed by atoms with Gasteiger partial charge in [-0.3, -0.25) is 19.0 Å². The van der Waals surface area contributed by atoms with Gasteiger partial charge in [-0.15, -0.1) is 0 Å². The highest BCUT2D eigenvalue weighted by Crippen LogP contribution is 2.23. The van der Waals surface area contributed by atoms with E-state index < -0.39 is 11.9 Å². The van der Waals surface area contributed by atoms with Crippen LogP contribution in [0, 0.1) is 5.92 Å². The summed E-state index contributed by atoms with van der Waals surface area (Å²) in [5, 5.41) is 9.10. The van der Waals surface area contributed by atoms with Gasteiger partial charge in [-0.05, 0) is 5.92 Å². The second-order valence-corrected chi connectivity index (χ2v) is 4.01. The lowest BCUT2D eigenvalue weighted by Crippen LogP contribution is -2.22. The molecule has 0 saturated carbocycles. The molecule has 5 heteroatoms. The summed E-state index contributed by atoms with van der Waals surface area (Å²) < 4.78 is 2.98. The van der Waals surface area contributed by atoms with Gasteiger partial charge in [-0.1, -0.05) is 13.8 Å². The molecular weight excluding hydrogens is 196 g/mol. The van der Waals surface area contributed by atoms with Crippen LogP contribution in [-0.2, 0) is 18.9 Å². The fraction of sp³-hybridized carbons (Fsp3) is 0.600. The number of hydrogen-bond acceptors (Lipinski definition) is 2. The van der Waals surface area contributed by atoms with Gasteiger partial charge in [0.05, 0.1) is 5.69 Å². The number of carbonyl (C=O) groups is 1. The first-order valence-electron chi connectivity index (χ1n) is 4.82. The number of hydrogen-bond donors (Lipinski definition) is 1. The maximum Gasteiger partial charge on any atom is 0.312 e. The average Bonchev–Trinajstić information content (AvgIpc) is 2.33. The summed E-state index contributed by atoms with van der Waals surface area (Å²) in [6.45, 7) is 3.66. The van der Waals surface area contributed by atoms with Crippen LogP contribution >= 0.6 is 0 Å². The maximum absolute atomic E-state index is 11.4. The topological polar surface area (TPSA) is 64.2 Å². The van der Waals surface area contributed by atoms with Crippen molar-refractivity contribution in [3.05, 3.63) is 22.1 Å². The van der Waals surface area contributed by atoms with Gasteiger partial charge in [0.15, 0.2) is 0 Å². The number of rotatable bonds is 3. The predicted molar refractivity (Wildman–Crippen MR) is 55.9 cm³/mol. The van der Waals surface area contributed by atoms with Crippen LogP contribution in [-0.4, -0.2) is 20.4 Å². The zero-order valence-corrected chi connectivity index (χ0v) is 9.39. The highest BCUT2D eigenvalue weighted by molar-refractivity contribution is 5.75. The Morgan fingerprint density at radius 3 is 2.13 bits per heavy atom. The Kier molecular flexibility index (Phi) is 3.02. The number of nitrogens with zero attached hydrogens (tertiary/aromatic N) is 2. The molecule has 5 nitrogen and oxygen atoms in total. The summed E-state index contributed by atoms with van der Waals surface area (Å²) >= 11 is 0. The van der Waals surface area contributed by atoms with Gasteiger partial charge in [-0.25, -0.2) is 0 Å². The molecule has 0 fully saturated rings. The monoisotopic (exact) mass is 212 g/mol. The lowest BCUT2D eigenvalue weighted by molar-refractivity contribution is -0.140. The molecule has 1 aromatic heterocycles. The lowest BCUT2D eigenvalue weighted by atomic mass is 9.93. The summed E-state index contributed by atoms with van der Waals surface area (Å²) in [6, 6.07) is 1.39. The third-order valence-electron chi connectivity index (χ3n) is 2.67. The van der Waals surface area contributed by atoms with E-state index in [9.17, 15) is 9.59 Å². The minimum Gasteiger partial charge on any atom is -0.481 e. The summed E-state index contributed by atoms with van der Waals surface area (Å²) in [7, 11) is 3.31. The Hall–Kier alpha value is -1.52. The molecule has 0 aromatic carbocycles. The van der Waals surface area contributed by atoms with E-state index in [4.69, 9.17) is 5.11 Å². The Morgan fingerprint density at radius 1 is 1.33 bits per heavy atom. The first-order chi connectivity index (χ1) is 6.86. The molecule has 1 heterocycles. The van der Waals surface area contributed by atoms with E-state index in [1.54, 1.807) is 18.8 Å². The van der Waals surface area contributed by atoms with Crippen LogP contribution in [0.5, 0.6) is 0 Å². The van der Waals surface area contributed by atoms with E-state index in [1.807, 2.05) is 13.8 Å². The van der Waals surface area contributed by atoms with Crippen molar-refractivity contribution in [1.82, 2.24) is 9.36 Å². The molecular formula is C10H16N2O3. The Labute approximate surface area is 87.9 Å². The van der Waals surface area contributed by atoms with Crippen LogP contribution in [0.3, 0.4) is 0 Å². The molecule has 0 aliphatic rings. The molecule has 1 atom stereocenters. The number of aromatic nitrogens is 2. The van der Waals surface area contributed by atoms with Gasteiger partial charge in [0.25, 0.3) is 5.56 Å². The zero-order valence-electron chi connectivity index (χ0n) is 9.39. The van der Waals surface area contributed by atoms with Crippen molar-refractivity contribution in [3.8, 4) is 0 Å². The molecule has 0 amide bonds. The lowest BCUT2D eigenvalue weighted by Gasteiger charge is -2.17. The quantitative estimate of drug-likeness (QED) is 0.795. The fourth-order valence-electron chi connectivity index (χ4n) is 1.68. The Bertz CT molecular complexity index is 428. The minimum atomic E-state index is -0.897. The van der Waals surface area contributed by atoms with Crippen LogP contribution in [0.4, 0.5) is 0 Å². The van der Waals surface area contributed by atoms with Gasteiger partial charge in [0.1, 0.15) is 5.92 Å². The first-order valence-corrected chi connectivity index (χ1v) is 4.82. The Balaban J connectivity index is 3.30. The largest absolute Gasteiger partial charge is 0.481 e. The number of aliphatic carboxylic acids is 1. The molecule has 1 rings (SSSR count). The molecule has 84 valence electrons. The molecule has 1 aromatic rings. The Morgan fingerprint density at radius 2 is 1.87 bits per heavy atom. The van der Waals surface area contributed by atoms with Gasteiger partial charge in [0, 0.05) is 20.2 Å². The average molecular weight is 212 g/mol. The summed E-state index contributed by atoms with van der Waals surface area (Å²) in [6.07, 6.45) is 0. The van der Waals surface area contributed by atoms with Crippen molar-refractivity contribution in [3.63, 3.8) is 0 Å². The van der Waals surface area contributed by atoms with Gasteiger partial charge >= 0.3 is 5.97 Å². The smallest absolute Gasteiger partial charge is 0.312 e. The number of carboxylic acids is 1. The van der Waals surface area contributed by atoms with E-state index in [1.165, 1.54) is 10.7 Å². The first kappa shape index (κ1) is 11.6. The third kappa shape index (κ3) is 1.95. The van der Waals surface area contributed by atoms with E-state index in [2.05, 4.69) is 0 Å². The van der Waals surface area contributed by atoms with Gasteiger partial charge in [0.2, 0.25) is 0 Å². The van der Waals surface area contributed by atoms with Crippen LogP contribution < -0.4 is 5.56 Å². The predicted octanol–water partition coefficient (Wildman–Crippen LogP) is 0.548. The van der Waals surface area contributed by atoms with Crippen LogP contribution in [0.2, 0.25) is 0 Å². The molecule has 1 unspecified atom stereocenters. The van der Waals surface area contributed by atoms with Crippen LogP contribution in [0.25, 0.3) is 0 Å². The zero-order chi connectivity index (χ0) is 11.7. The molecule has 0 saturated heterocycles. The van der Waals surface area contributed by atoms with E-state index in [0.717, 1.165) is 0 Å². The standard InChI is InChI=1S/C10H16N2O3/c1-6(2)9(10(14)15)7-5-8(13)12(4)11(7)3/h5-6,9H,1-4H3,(H,14,15). The van der Waals surface area contributed by atoms with Crippen molar-refractivity contribution in [2.24, 2.45) is 20.0 Å². The highest BCUT2D eigenvalue weighted by Gasteiger charge is 2.27. The summed E-state index contributed by atoms with van der Waals surface area (Å²) in [5.74, 6) is -1.58. The molecule has 0 radical (unpaired) electrons. The van der Waals surface area contributed by atoms with Gasteiger partial charge < -0.3 is 5.11 Å². The molecule has 0 bridgehead atoms. The van der Waals surface area contributed by atoms with E-state index in [-0.39, 0.29) is 11.5 Å². The molecule has 0 aliphatic carbocycles. The third-order valence-corrected chi connectivity index (χ3v) is 2.67. The van der Waals surface area contributed by atoms with Crippen LogP contribution in [0.1, 0.15) is 25.5 Å². The highest BCUT2D eigenvalue weighted by atomic mass is 16.4. The number of carboxylic acid groups (broad SMARTS) is 1. The normalized spacial score (nSPS) is 13.1. The van der Waals surface area contributed by atoms with Crippen molar-refractivity contribution in [2.45, 2.75) is 19.8 Å². The van der Waals surface area contributed by atoms with Gasteiger partial charge in [-0.2, -0.15) is 0 Å². The molecule has 15 heavy (non-hydrogen) atoms. The molecule has 0 spiro atoms. The fourth-order valence-corrected chi connectivity index (χ4v) is 1.68. The van der Waals surface area contributed by atoms with E-state index >= 15 is 0 Å². The van der Waals surface area contributed by atoms with E-state index in [0.29, 0.717) is 5.69 Å². The second-order valence-electron chi connectivity index (χ2n) is 4.01. The molecule has 1 N–H and O–H groups in total. The summed E-state index contributed by atoms with van der Waals surface area (Å²) in [4.78, 5) is 22.4. The summed E-state index contributed by atoms with van der Waals surface area (Å²) in [5.41, 5.74) is 0.365. The van der Waals surface area contributed by atoms with Crippen LogP contribution in [0.15, 0.2) is 10.9 Å². The second kappa shape index (κ2) is 3.92. The molecule has 0 aliphatic heterocycles. The van der Waals surface area contributed by atoms with Crippen molar-refractivity contribution >= 4 is 5.97 Å². The van der Waals surface area contributed by atoms with Crippen molar-refractivity contribution < 1.29 is 9.90 Å². The minimum absolute atomic E-state index is 0.0458.